The number of ketones is 1. The summed E-state index contributed by atoms with van der Waals surface area (Å²) < 4.78 is 5.95. The van der Waals surface area contributed by atoms with Crippen LogP contribution >= 0.6 is 23.2 Å². The number of carboxylic acids is 1. The SMILES string of the molecule is NC(=O)CC[C@H](NC(=O)[C@H]1CC[C@H](Oc2ccc(C(=O)c3ccccc3)c(Cl)c2Cl)C1)C(=O)O. The zero-order chi connectivity index (χ0) is 24.8. The molecule has 0 spiro atoms. The largest absolute Gasteiger partial charge is 0.489 e. The van der Waals surface area contributed by atoms with Gasteiger partial charge in [0.15, 0.2) is 5.78 Å². The number of carboxylic acid groups (broad SMARTS) is 1. The number of nitrogens with two attached hydrogens (primary N) is 1. The molecule has 3 atom stereocenters. The van der Waals surface area contributed by atoms with Crippen LogP contribution in [0, 0.1) is 5.92 Å². The lowest BCUT2D eigenvalue weighted by Crippen LogP contribution is -2.43. The zero-order valence-electron chi connectivity index (χ0n) is 18.1. The van der Waals surface area contributed by atoms with Crippen LogP contribution in [0.3, 0.4) is 0 Å². The van der Waals surface area contributed by atoms with Gasteiger partial charge < -0.3 is 20.9 Å². The van der Waals surface area contributed by atoms with E-state index in [0.29, 0.717) is 30.6 Å². The number of carbonyl (C=O) groups excluding carboxylic acids is 3. The third kappa shape index (κ3) is 6.27. The van der Waals surface area contributed by atoms with Crippen molar-refractivity contribution in [3.8, 4) is 5.75 Å². The van der Waals surface area contributed by atoms with Gasteiger partial charge in [-0.2, -0.15) is 0 Å². The highest BCUT2D eigenvalue weighted by Gasteiger charge is 2.34. The molecule has 4 N–H and O–H groups in total. The molecule has 1 saturated carbocycles. The van der Waals surface area contributed by atoms with Gasteiger partial charge in [-0.15, -0.1) is 0 Å². The minimum absolute atomic E-state index is 0.0782. The summed E-state index contributed by atoms with van der Waals surface area (Å²) in [4.78, 5) is 47.6. The van der Waals surface area contributed by atoms with E-state index in [1.54, 1.807) is 42.5 Å². The molecule has 0 heterocycles. The van der Waals surface area contributed by atoms with Crippen molar-refractivity contribution in [3.05, 3.63) is 63.6 Å². The van der Waals surface area contributed by atoms with Crippen molar-refractivity contribution >= 4 is 46.8 Å². The average molecular weight is 507 g/mol. The third-order valence-electron chi connectivity index (χ3n) is 5.67. The molecular formula is C24H24Cl2N2O6. The first-order valence-electron chi connectivity index (χ1n) is 10.7. The third-order valence-corrected chi connectivity index (χ3v) is 6.53. The molecule has 0 aliphatic heterocycles. The Labute approximate surface area is 206 Å². The molecule has 1 aliphatic carbocycles. The Kier molecular flexibility index (Phi) is 8.52. The van der Waals surface area contributed by atoms with Crippen LogP contribution in [0.15, 0.2) is 42.5 Å². The van der Waals surface area contributed by atoms with Gasteiger partial charge in [0.1, 0.15) is 16.8 Å². The van der Waals surface area contributed by atoms with Gasteiger partial charge in [-0.25, -0.2) is 4.79 Å². The van der Waals surface area contributed by atoms with Crippen molar-refractivity contribution in [2.45, 2.75) is 44.2 Å². The Bertz CT molecular complexity index is 1090. The van der Waals surface area contributed by atoms with Crippen LogP contribution in [0.4, 0.5) is 0 Å². The molecule has 0 saturated heterocycles. The molecule has 3 rings (SSSR count). The molecule has 10 heteroatoms. The summed E-state index contributed by atoms with van der Waals surface area (Å²) >= 11 is 12.7. The summed E-state index contributed by atoms with van der Waals surface area (Å²) in [6.45, 7) is 0. The van der Waals surface area contributed by atoms with Crippen molar-refractivity contribution in [2.75, 3.05) is 0 Å². The number of benzene rings is 2. The Morgan fingerprint density at radius 2 is 1.76 bits per heavy atom. The van der Waals surface area contributed by atoms with Crippen molar-refractivity contribution in [2.24, 2.45) is 11.7 Å². The smallest absolute Gasteiger partial charge is 0.326 e. The highest BCUT2D eigenvalue weighted by molar-refractivity contribution is 6.45. The highest BCUT2D eigenvalue weighted by atomic mass is 35.5. The van der Waals surface area contributed by atoms with E-state index >= 15 is 0 Å². The first-order valence-corrected chi connectivity index (χ1v) is 11.5. The first kappa shape index (κ1) is 25.5. The number of halogens is 2. The second-order valence-electron chi connectivity index (χ2n) is 8.09. The zero-order valence-corrected chi connectivity index (χ0v) is 19.6. The predicted octanol–water partition coefficient (Wildman–Crippen LogP) is 3.61. The molecule has 0 aromatic heterocycles. The molecule has 2 amide bonds. The number of carbonyl (C=O) groups is 4. The molecule has 2 aromatic carbocycles. The van der Waals surface area contributed by atoms with Crippen LogP contribution in [0.1, 0.15) is 48.0 Å². The fraction of sp³-hybridized carbons (Fsp3) is 0.333. The summed E-state index contributed by atoms with van der Waals surface area (Å²) in [5, 5.41) is 11.9. The van der Waals surface area contributed by atoms with Crippen LogP contribution in [-0.4, -0.2) is 40.8 Å². The van der Waals surface area contributed by atoms with E-state index in [-0.39, 0.29) is 40.3 Å². The Morgan fingerprint density at radius 1 is 1.06 bits per heavy atom. The molecule has 34 heavy (non-hydrogen) atoms. The summed E-state index contributed by atoms with van der Waals surface area (Å²) in [5.41, 5.74) is 5.80. The van der Waals surface area contributed by atoms with E-state index in [1.807, 2.05) is 0 Å². The maximum atomic E-state index is 12.7. The Hall–Kier alpha value is -3.10. The fourth-order valence-electron chi connectivity index (χ4n) is 3.84. The molecule has 1 aliphatic rings. The van der Waals surface area contributed by atoms with Crippen LogP contribution in [0.2, 0.25) is 10.0 Å². The van der Waals surface area contributed by atoms with Crippen LogP contribution in [0.5, 0.6) is 5.75 Å². The van der Waals surface area contributed by atoms with Crippen LogP contribution in [-0.2, 0) is 14.4 Å². The van der Waals surface area contributed by atoms with E-state index in [4.69, 9.17) is 33.7 Å². The first-order chi connectivity index (χ1) is 16.2. The quantitative estimate of drug-likeness (QED) is 0.421. The number of hydrogen-bond donors (Lipinski definition) is 3. The number of aliphatic carboxylic acids is 1. The number of ether oxygens (including phenoxy) is 1. The summed E-state index contributed by atoms with van der Waals surface area (Å²) in [6, 6.07) is 10.6. The van der Waals surface area contributed by atoms with Gasteiger partial charge in [0.25, 0.3) is 0 Å². The average Bonchev–Trinajstić information content (AvgIpc) is 3.28. The van der Waals surface area contributed by atoms with Gasteiger partial charge >= 0.3 is 5.97 Å². The van der Waals surface area contributed by atoms with E-state index in [9.17, 15) is 24.3 Å². The van der Waals surface area contributed by atoms with Gasteiger partial charge in [-0.05, 0) is 37.8 Å². The van der Waals surface area contributed by atoms with Gasteiger partial charge in [-0.3, -0.25) is 14.4 Å². The standard InChI is InChI=1S/C24H24Cl2N2O6/c25-20-16(22(30)13-4-2-1-3-5-13)8-10-18(21(20)26)34-15-7-6-14(12-15)23(31)28-17(24(32)33)9-11-19(27)29/h1-5,8,10,14-15,17H,6-7,9,11-12H2,(H2,27,29)(H,28,31)(H,32,33)/t14-,15-,17-/m0/s1. The Balaban J connectivity index is 1.62. The van der Waals surface area contributed by atoms with Crippen LogP contribution < -0.4 is 15.8 Å². The molecule has 8 nitrogen and oxygen atoms in total. The van der Waals surface area contributed by atoms with E-state index in [1.165, 1.54) is 0 Å². The topological polar surface area (TPSA) is 136 Å². The Morgan fingerprint density at radius 3 is 2.41 bits per heavy atom. The number of hydrogen-bond acceptors (Lipinski definition) is 5. The van der Waals surface area contributed by atoms with Gasteiger partial charge in [0.2, 0.25) is 11.8 Å². The van der Waals surface area contributed by atoms with E-state index < -0.39 is 29.7 Å². The second kappa shape index (κ2) is 11.4. The summed E-state index contributed by atoms with van der Waals surface area (Å²) in [5.74, 6) is -2.70. The molecule has 1 fully saturated rings. The maximum absolute atomic E-state index is 12.7. The van der Waals surface area contributed by atoms with Crippen molar-refractivity contribution < 1.29 is 29.0 Å². The second-order valence-corrected chi connectivity index (χ2v) is 8.84. The lowest BCUT2D eigenvalue weighted by Gasteiger charge is -2.18. The van der Waals surface area contributed by atoms with Crippen molar-refractivity contribution in [1.82, 2.24) is 5.32 Å². The maximum Gasteiger partial charge on any atom is 0.326 e. The fourth-order valence-corrected chi connectivity index (χ4v) is 4.29. The lowest BCUT2D eigenvalue weighted by atomic mass is 10.0. The van der Waals surface area contributed by atoms with Crippen molar-refractivity contribution in [3.63, 3.8) is 0 Å². The normalized spacial score (nSPS) is 18.2. The van der Waals surface area contributed by atoms with Crippen LogP contribution in [0.25, 0.3) is 0 Å². The minimum Gasteiger partial charge on any atom is -0.489 e. The molecular weight excluding hydrogens is 483 g/mol. The molecule has 0 radical (unpaired) electrons. The minimum atomic E-state index is -1.23. The number of amides is 2. The predicted molar refractivity (Wildman–Crippen MR) is 126 cm³/mol. The lowest BCUT2D eigenvalue weighted by molar-refractivity contribution is -0.142. The summed E-state index contributed by atoms with van der Waals surface area (Å²) in [7, 11) is 0. The molecule has 0 bridgehead atoms. The van der Waals surface area contributed by atoms with Gasteiger partial charge in [0, 0.05) is 23.5 Å². The molecule has 2 aromatic rings. The number of primary amides is 1. The van der Waals surface area contributed by atoms with Gasteiger partial charge in [-0.1, -0.05) is 53.5 Å². The van der Waals surface area contributed by atoms with E-state index in [2.05, 4.69) is 5.32 Å². The number of nitrogens with one attached hydrogen (secondary N) is 1. The molecule has 0 unspecified atom stereocenters. The highest BCUT2D eigenvalue weighted by Crippen LogP contribution is 2.38. The van der Waals surface area contributed by atoms with E-state index in [0.717, 1.165) is 0 Å². The number of rotatable bonds is 10. The monoisotopic (exact) mass is 506 g/mol. The van der Waals surface area contributed by atoms with Crippen molar-refractivity contribution in [1.29, 1.82) is 0 Å². The summed E-state index contributed by atoms with van der Waals surface area (Å²) in [6.07, 6.45) is 0.839. The molecule has 180 valence electrons. The van der Waals surface area contributed by atoms with Gasteiger partial charge in [0.05, 0.1) is 11.1 Å².